The highest BCUT2D eigenvalue weighted by molar-refractivity contribution is 5.71. The van der Waals surface area contributed by atoms with E-state index >= 15 is 0 Å². The molecular weight excluding hydrogens is 248 g/mol. The molecule has 0 aliphatic rings. The molecule has 0 saturated carbocycles. The van der Waals surface area contributed by atoms with Gasteiger partial charge in [0.25, 0.3) is 0 Å². The first-order valence-corrected chi connectivity index (χ1v) is 7.67. The Morgan fingerprint density at radius 2 is 2.10 bits per heavy atom. The van der Waals surface area contributed by atoms with E-state index in [1.54, 1.807) is 0 Å². The molecule has 0 amide bonds. The van der Waals surface area contributed by atoms with E-state index in [0.717, 1.165) is 49.3 Å². The van der Waals surface area contributed by atoms with E-state index in [1.807, 2.05) is 18.3 Å². The Morgan fingerprint density at radius 1 is 1.30 bits per heavy atom. The molecule has 2 aromatic rings. The molecule has 2 N–H and O–H groups in total. The minimum absolute atomic E-state index is 0.677. The van der Waals surface area contributed by atoms with Gasteiger partial charge in [0.2, 0.25) is 0 Å². The molecule has 4 nitrogen and oxygen atoms in total. The predicted octanol–water partition coefficient (Wildman–Crippen LogP) is 3.00. The Morgan fingerprint density at radius 3 is 2.75 bits per heavy atom. The molecule has 2 heterocycles. The first-order chi connectivity index (χ1) is 9.67. The summed E-state index contributed by atoms with van der Waals surface area (Å²) in [4.78, 5) is 9.20. The van der Waals surface area contributed by atoms with Crippen LogP contribution in [0.4, 0.5) is 0 Å². The van der Waals surface area contributed by atoms with Gasteiger partial charge in [-0.15, -0.1) is 0 Å². The van der Waals surface area contributed by atoms with Crippen molar-refractivity contribution in [1.29, 1.82) is 0 Å². The van der Waals surface area contributed by atoms with E-state index in [0.29, 0.717) is 11.8 Å². The summed E-state index contributed by atoms with van der Waals surface area (Å²) < 4.78 is 2.23. The van der Waals surface area contributed by atoms with E-state index in [4.69, 9.17) is 10.7 Å². The number of rotatable bonds is 7. The van der Waals surface area contributed by atoms with Gasteiger partial charge in [0.05, 0.1) is 0 Å². The fourth-order valence-electron chi connectivity index (χ4n) is 2.87. The van der Waals surface area contributed by atoms with Crippen LogP contribution in [0.25, 0.3) is 11.2 Å². The molecule has 1 unspecified atom stereocenters. The summed E-state index contributed by atoms with van der Waals surface area (Å²) in [5, 5.41) is 0. The van der Waals surface area contributed by atoms with Crippen LogP contribution >= 0.6 is 0 Å². The quantitative estimate of drug-likeness (QED) is 0.844. The third kappa shape index (κ3) is 3.18. The average molecular weight is 274 g/mol. The normalized spacial score (nSPS) is 13.2. The van der Waals surface area contributed by atoms with Crippen LogP contribution in [-0.2, 0) is 13.0 Å². The van der Waals surface area contributed by atoms with Crippen molar-refractivity contribution in [3.63, 3.8) is 0 Å². The van der Waals surface area contributed by atoms with Gasteiger partial charge in [-0.1, -0.05) is 13.8 Å². The zero-order valence-corrected chi connectivity index (χ0v) is 12.8. The van der Waals surface area contributed by atoms with Gasteiger partial charge in [-0.05, 0) is 50.3 Å². The summed E-state index contributed by atoms with van der Waals surface area (Å²) in [6.45, 7) is 8.41. The Labute approximate surface area is 121 Å². The van der Waals surface area contributed by atoms with Gasteiger partial charge in [0, 0.05) is 19.2 Å². The third-order valence-electron chi connectivity index (χ3n) is 4.12. The van der Waals surface area contributed by atoms with E-state index in [1.165, 1.54) is 0 Å². The molecule has 110 valence electrons. The van der Waals surface area contributed by atoms with Crippen molar-refractivity contribution in [3.05, 3.63) is 24.2 Å². The highest BCUT2D eigenvalue weighted by atomic mass is 15.1. The number of nitrogens with two attached hydrogens (primary N) is 1. The summed E-state index contributed by atoms with van der Waals surface area (Å²) >= 11 is 0. The number of aryl methyl sites for hydroxylation is 2. The summed E-state index contributed by atoms with van der Waals surface area (Å²) in [5.74, 6) is 2.51. The summed E-state index contributed by atoms with van der Waals surface area (Å²) in [5.41, 5.74) is 7.73. The Bertz CT molecular complexity index is 544. The highest BCUT2D eigenvalue weighted by Gasteiger charge is 2.15. The molecule has 0 aromatic carbocycles. The molecule has 0 radical (unpaired) electrons. The molecular formula is C16H26N4. The lowest BCUT2D eigenvalue weighted by atomic mass is 9.88. The van der Waals surface area contributed by atoms with Gasteiger partial charge in [0.1, 0.15) is 11.3 Å². The zero-order chi connectivity index (χ0) is 14.5. The molecule has 0 spiro atoms. The SMILES string of the molecule is CCn1c(CCC(CCN)C(C)C)nc2cccnc21. The smallest absolute Gasteiger partial charge is 0.159 e. The maximum absolute atomic E-state index is 5.72. The van der Waals surface area contributed by atoms with Crippen molar-refractivity contribution in [2.75, 3.05) is 6.54 Å². The van der Waals surface area contributed by atoms with E-state index in [9.17, 15) is 0 Å². The Hall–Kier alpha value is -1.42. The lowest BCUT2D eigenvalue weighted by molar-refractivity contribution is 0.338. The van der Waals surface area contributed by atoms with Gasteiger partial charge in [-0.3, -0.25) is 0 Å². The number of hydrogen-bond acceptors (Lipinski definition) is 3. The number of pyridine rings is 1. The van der Waals surface area contributed by atoms with Gasteiger partial charge in [-0.2, -0.15) is 0 Å². The van der Waals surface area contributed by atoms with Crippen molar-refractivity contribution >= 4 is 11.2 Å². The molecule has 0 aliphatic heterocycles. The fourth-order valence-corrected chi connectivity index (χ4v) is 2.87. The second-order valence-electron chi connectivity index (χ2n) is 5.74. The van der Waals surface area contributed by atoms with Crippen molar-refractivity contribution in [3.8, 4) is 0 Å². The predicted molar refractivity (Wildman–Crippen MR) is 83.5 cm³/mol. The first kappa shape index (κ1) is 15.0. The highest BCUT2D eigenvalue weighted by Crippen LogP contribution is 2.22. The number of fused-ring (bicyclic) bond motifs is 1. The van der Waals surface area contributed by atoms with Gasteiger partial charge < -0.3 is 10.3 Å². The maximum atomic E-state index is 5.72. The molecule has 20 heavy (non-hydrogen) atoms. The summed E-state index contributed by atoms with van der Waals surface area (Å²) in [7, 11) is 0. The summed E-state index contributed by atoms with van der Waals surface area (Å²) in [6.07, 6.45) is 5.10. The van der Waals surface area contributed by atoms with Crippen molar-refractivity contribution in [2.45, 2.75) is 46.6 Å². The molecule has 2 aromatic heterocycles. The topological polar surface area (TPSA) is 56.7 Å². The molecule has 1 atom stereocenters. The standard InChI is InChI=1S/C16H26N4/c1-4-20-15(8-7-13(9-10-17)12(2)3)19-14-6-5-11-18-16(14)20/h5-6,11-13H,4,7-10,17H2,1-3H3. The molecule has 4 heteroatoms. The molecule has 0 saturated heterocycles. The molecule has 2 rings (SSSR count). The first-order valence-electron chi connectivity index (χ1n) is 7.67. The monoisotopic (exact) mass is 274 g/mol. The van der Waals surface area contributed by atoms with Crippen LogP contribution in [0, 0.1) is 11.8 Å². The van der Waals surface area contributed by atoms with Crippen molar-refractivity contribution < 1.29 is 0 Å². The largest absolute Gasteiger partial charge is 0.330 e. The van der Waals surface area contributed by atoms with Crippen LogP contribution < -0.4 is 5.73 Å². The second-order valence-corrected chi connectivity index (χ2v) is 5.74. The van der Waals surface area contributed by atoms with Crippen LogP contribution in [0.1, 0.15) is 39.4 Å². The lowest BCUT2D eigenvalue weighted by Gasteiger charge is -2.19. The van der Waals surface area contributed by atoms with Crippen LogP contribution in [-0.4, -0.2) is 21.1 Å². The zero-order valence-electron chi connectivity index (χ0n) is 12.8. The van der Waals surface area contributed by atoms with Crippen molar-refractivity contribution in [1.82, 2.24) is 14.5 Å². The second kappa shape index (κ2) is 6.84. The fraction of sp³-hybridized carbons (Fsp3) is 0.625. The molecule has 0 aliphatic carbocycles. The average Bonchev–Trinajstić information content (AvgIpc) is 2.80. The van der Waals surface area contributed by atoms with Crippen LogP contribution in [0.3, 0.4) is 0 Å². The van der Waals surface area contributed by atoms with Crippen LogP contribution in [0.15, 0.2) is 18.3 Å². The Balaban J connectivity index is 2.16. The minimum Gasteiger partial charge on any atom is -0.330 e. The van der Waals surface area contributed by atoms with E-state index in [2.05, 4.69) is 30.3 Å². The van der Waals surface area contributed by atoms with E-state index in [-0.39, 0.29) is 0 Å². The van der Waals surface area contributed by atoms with E-state index < -0.39 is 0 Å². The molecule has 0 fully saturated rings. The number of nitrogens with zero attached hydrogens (tertiary/aromatic N) is 3. The molecule has 0 bridgehead atoms. The van der Waals surface area contributed by atoms with Gasteiger partial charge in [-0.25, -0.2) is 9.97 Å². The van der Waals surface area contributed by atoms with Crippen LogP contribution in [0.5, 0.6) is 0 Å². The minimum atomic E-state index is 0.677. The van der Waals surface area contributed by atoms with Crippen LogP contribution in [0.2, 0.25) is 0 Å². The number of aromatic nitrogens is 3. The summed E-state index contributed by atoms with van der Waals surface area (Å²) in [6, 6.07) is 3.99. The number of hydrogen-bond donors (Lipinski definition) is 1. The lowest BCUT2D eigenvalue weighted by Crippen LogP contribution is -2.16. The Kier molecular flexibility index (Phi) is 5.12. The maximum Gasteiger partial charge on any atom is 0.159 e. The number of imidazole rings is 1. The van der Waals surface area contributed by atoms with Gasteiger partial charge >= 0.3 is 0 Å². The van der Waals surface area contributed by atoms with Crippen molar-refractivity contribution in [2.24, 2.45) is 17.6 Å². The third-order valence-corrected chi connectivity index (χ3v) is 4.12. The van der Waals surface area contributed by atoms with Gasteiger partial charge in [0.15, 0.2) is 5.65 Å².